The van der Waals surface area contributed by atoms with Crippen molar-refractivity contribution in [2.45, 2.75) is 26.2 Å². The summed E-state index contributed by atoms with van der Waals surface area (Å²) in [6.07, 6.45) is 3.00. The highest BCUT2D eigenvalue weighted by molar-refractivity contribution is 5.74. The summed E-state index contributed by atoms with van der Waals surface area (Å²) in [5, 5.41) is 11.4. The largest absolute Gasteiger partial charge is 0.394 e. The van der Waals surface area contributed by atoms with E-state index in [-0.39, 0.29) is 12.6 Å². The van der Waals surface area contributed by atoms with Gasteiger partial charge in [0.1, 0.15) is 0 Å². The van der Waals surface area contributed by atoms with Gasteiger partial charge in [-0.2, -0.15) is 0 Å². The monoisotopic (exact) mass is 244 g/mol. The summed E-state index contributed by atoms with van der Waals surface area (Å²) in [6.45, 7) is 5.61. The quantitative estimate of drug-likeness (QED) is 0.680. The molecule has 0 radical (unpaired) electrons. The Bertz CT molecular complexity index is 216. The molecule has 1 fully saturated rings. The fourth-order valence-corrected chi connectivity index (χ4v) is 1.86. The van der Waals surface area contributed by atoms with E-state index in [4.69, 9.17) is 9.84 Å². The van der Waals surface area contributed by atoms with Gasteiger partial charge in [0.25, 0.3) is 0 Å². The van der Waals surface area contributed by atoms with Gasteiger partial charge in [-0.1, -0.05) is 6.92 Å². The molecule has 0 aromatic carbocycles. The van der Waals surface area contributed by atoms with Gasteiger partial charge in [-0.05, 0) is 25.2 Å². The minimum Gasteiger partial charge on any atom is -0.394 e. The molecule has 0 saturated carbocycles. The zero-order chi connectivity index (χ0) is 12.5. The number of aliphatic hydroxyl groups excluding tert-OH is 1. The number of hydrogen-bond acceptors (Lipinski definition) is 3. The lowest BCUT2D eigenvalue weighted by Gasteiger charge is -2.30. The maximum Gasteiger partial charge on any atom is 0.317 e. The lowest BCUT2D eigenvalue weighted by atomic mass is 10.00. The van der Waals surface area contributed by atoms with Gasteiger partial charge < -0.3 is 20.1 Å². The minimum absolute atomic E-state index is 0.0408. The number of urea groups is 1. The van der Waals surface area contributed by atoms with Crippen LogP contribution < -0.4 is 5.32 Å². The minimum atomic E-state index is 0.0408. The summed E-state index contributed by atoms with van der Waals surface area (Å²) in [4.78, 5) is 13.6. The van der Waals surface area contributed by atoms with Crippen LogP contribution in [0.25, 0.3) is 0 Å². The molecular formula is C12H24N2O3. The molecule has 5 heteroatoms. The van der Waals surface area contributed by atoms with Gasteiger partial charge >= 0.3 is 6.03 Å². The maximum atomic E-state index is 11.7. The summed E-state index contributed by atoms with van der Waals surface area (Å²) in [5.74, 6) is 0.742. The van der Waals surface area contributed by atoms with E-state index in [0.717, 1.165) is 38.3 Å². The second-order valence-electron chi connectivity index (χ2n) is 4.59. The van der Waals surface area contributed by atoms with Gasteiger partial charge in [-0.15, -0.1) is 0 Å². The first-order chi connectivity index (χ1) is 8.24. The summed E-state index contributed by atoms with van der Waals surface area (Å²) in [7, 11) is 0. The molecule has 17 heavy (non-hydrogen) atoms. The first kappa shape index (κ1) is 14.3. The molecular weight excluding hydrogens is 220 g/mol. The normalized spacial score (nSPS) is 17.2. The molecule has 0 aliphatic carbocycles. The molecule has 0 unspecified atom stereocenters. The van der Waals surface area contributed by atoms with E-state index in [2.05, 4.69) is 12.2 Å². The first-order valence-corrected chi connectivity index (χ1v) is 6.45. The van der Waals surface area contributed by atoms with Crippen molar-refractivity contribution in [2.24, 2.45) is 5.92 Å². The van der Waals surface area contributed by atoms with Gasteiger partial charge in [0.05, 0.1) is 13.2 Å². The fourth-order valence-electron chi connectivity index (χ4n) is 1.86. The molecule has 1 rings (SSSR count). The fraction of sp³-hybridized carbons (Fsp3) is 0.917. The third-order valence-electron chi connectivity index (χ3n) is 3.05. The van der Waals surface area contributed by atoms with Crippen LogP contribution in [0.1, 0.15) is 26.2 Å². The van der Waals surface area contributed by atoms with Crippen LogP contribution >= 0.6 is 0 Å². The van der Waals surface area contributed by atoms with Gasteiger partial charge in [0, 0.05) is 26.2 Å². The summed E-state index contributed by atoms with van der Waals surface area (Å²) in [6, 6.07) is 0.0408. The van der Waals surface area contributed by atoms with Gasteiger partial charge in [0.2, 0.25) is 0 Å². The second-order valence-corrected chi connectivity index (χ2v) is 4.59. The Morgan fingerprint density at radius 2 is 2.12 bits per heavy atom. The average molecular weight is 244 g/mol. The number of aliphatic hydroxyl groups is 1. The summed E-state index contributed by atoms with van der Waals surface area (Å²) >= 11 is 0. The van der Waals surface area contributed by atoms with E-state index in [0.29, 0.717) is 19.8 Å². The number of nitrogens with zero attached hydrogens (tertiary/aromatic N) is 1. The van der Waals surface area contributed by atoms with Crippen molar-refractivity contribution in [2.75, 3.05) is 39.5 Å². The van der Waals surface area contributed by atoms with Crippen molar-refractivity contribution in [1.82, 2.24) is 10.2 Å². The molecule has 1 aliphatic rings. The average Bonchev–Trinajstić information content (AvgIpc) is 2.34. The highest BCUT2D eigenvalue weighted by Gasteiger charge is 2.19. The number of piperidine rings is 1. The molecule has 5 nitrogen and oxygen atoms in total. The van der Waals surface area contributed by atoms with Crippen LogP contribution in [0, 0.1) is 5.92 Å². The Balaban J connectivity index is 2.01. The number of amides is 2. The Kier molecular flexibility index (Phi) is 6.96. The summed E-state index contributed by atoms with van der Waals surface area (Å²) < 4.78 is 5.11. The Morgan fingerprint density at radius 1 is 1.41 bits per heavy atom. The number of rotatable bonds is 6. The third-order valence-corrected chi connectivity index (χ3v) is 3.05. The van der Waals surface area contributed by atoms with Gasteiger partial charge in [0.15, 0.2) is 0 Å². The van der Waals surface area contributed by atoms with Crippen molar-refractivity contribution in [3.05, 3.63) is 0 Å². The molecule has 1 aliphatic heterocycles. The Labute approximate surface area is 103 Å². The highest BCUT2D eigenvalue weighted by atomic mass is 16.5. The molecule has 0 spiro atoms. The van der Waals surface area contributed by atoms with Crippen LogP contribution in [-0.2, 0) is 4.74 Å². The first-order valence-electron chi connectivity index (χ1n) is 6.45. The number of carbonyl (C=O) groups excluding carboxylic acids is 1. The van der Waals surface area contributed by atoms with E-state index in [1.807, 2.05) is 4.90 Å². The Morgan fingerprint density at radius 3 is 2.76 bits per heavy atom. The van der Waals surface area contributed by atoms with Crippen LogP contribution in [0.5, 0.6) is 0 Å². The van der Waals surface area contributed by atoms with Gasteiger partial charge in [-0.25, -0.2) is 4.79 Å². The molecule has 0 aromatic heterocycles. The second kappa shape index (κ2) is 8.31. The lowest BCUT2D eigenvalue weighted by molar-refractivity contribution is 0.0905. The predicted molar refractivity (Wildman–Crippen MR) is 65.9 cm³/mol. The smallest absolute Gasteiger partial charge is 0.317 e. The van der Waals surface area contributed by atoms with Crippen molar-refractivity contribution in [3.63, 3.8) is 0 Å². The van der Waals surface area contributed by atoms with Crippen LogP contribution in [-0.4, -0.2) is 55.5 Å². The highest BCUT2D eigenvalue weighted by Crippen LogP contribution is 2.15. The van der Waals surface area contributed by atoms with Crippen molar-refractivity contribution >= 4 is 6.03 Å². The Hall–Kier alpha value is -0.810. The maximum absolute atomic E-state index is 11.7. The zero-order valence-electron chi connectivity index (χ0n) is 10.7. The van der Waals surface area contributed by atoms with E-state index < -0.39 is 0 Å². The number of hydrogen-bond donors (Lipinski definition) is 2. The van der Waals surface area contributed by atoms with Crippen molar-refractivity contribution in [1.29, 1.82) is 0 Å². The van der Waals surface area contributed by atoms with Gasteiger partial charge in [-0.3, -0.25) is 0 Å². The predicted octanol–water partition coefficient (Wildman–Crippen LogP) is 0.827. The number of likely N-dealkylation sites (tertiary alicyclic amines) is 1. The molecule has 1 heterocycles. The molecule has 2 N–H and O–H groups in total. The molecule has 1 saturated heterocycles. The van der Waals surface area contributed by atoms with Crippen LogP contribution in [0.3, 0.4) is 0 Å². The molecule has 0 atom stereocenters. The van der Waals surface area contributed by atoms with Crippen LogP contribution in [0.2, 0.25) is 0 Å². The van der Waals surface area contributed by atoms with E-state index in [9.17, 15) is 4.79 Å². The third kappa shape index (κ3) is 5.89. The van der Waals surface area contributed by atoms with E-state index >= 15 is 0 Å². The summed E-state index contributed by atoms with van der Waals surface area (Å²) in [5.41, 5.74) is 0. The van der Waals surface area contributed by atoms with Crippen LogP contribution in [0.15, 0.2) is 0 Å². The van der Waals surface area contributed by atoms with Crippen molar-refractivity contribution in [3.8, 4) is 0 Å². The zero-order valence-corrected chi connectivity index (χ0v) is 10.7. The molecule has 0 bridgehead atoms. The lowest BCUT2D eigenvalue weighted by Crippen LogP contribution is -2.44. The molecule has 100 valence electrons. The number of carbonyl (C=O) groups is 1. The van der Waals surface area contributed by atoms with E-state index in [1.54, 1.807) is 0 Å². The number of nitrogens with one attached hydrogen (secondary N) is 1. The standard InChI is InChI=1S/C12H24N2O3/c1-11-3-6-14(7-4-11)12(16)13-5-2-9-17-10-8-15/h11,15H,2-10H2,1H3,(H,13,16). The SMILES string of the molecule is CC1CCN(C(=O)NCCCOCCO)CC1. The van der Waals surface area contributed by atoms with E-state index in [1.165, 1.54) is 0 Å². The van der Waals surface area contributed by atoms with Crippen LogP contribution in [0.4, 0.5) is 4.79 Å². The topological polar surface area (TPSA) is 61.8 Å². The number of ether oxygens (including phenoxy) is 1. The van der Waals surface area contributed by atoms with Crippen molar-refractivity contribution < 1.29 is 14.6 Å². The molecule has 2 amide bonds. The molecule has 0 aromatic rings.